The van der Waals surface area contributed by atoms with Gasteiger partial charge in [-0.1, -0.05) is 11.6 Å². The molecule has 7 heteroatoms. The molecule has 0 atom stereocenters. The molecule has 1 amide bonds. The van der Waals surface area contributed by atoms with Crippen molar-refractivity contribution in [2.45, 2.75) is 25.8 Å². The van der Waals surface area contributed by atoms with E-state index in [4.69, 9.17) is 16.3 Å². The number of rotatable bonds is 5. The lowest BCUT2D eigenvalue weighted by molar-refractivity contribution is -0.118. The van der Waals surface area contributed by atoms with Gasteiger partial charge in [-0.2, -0.15) is 0 Å². The molecule has 138 valence electrons. The Hall–Kier alpha value is -2.86. The minimum atomic E-state index is -0.229. The standard InChI is InChI=1S/C20H19ClN4O2/c21-15-6-8-16(9-7-15)22-19(26)13-27-17-10-4-14(5-11-17)20-24-23-18-3-1-2-12-25(18)20/h4-11H,1-3,12-13H2,(H,22,26). The third-order valence-corrected chi connectivity index (χ3v) is 4.72. The van der Waals surface area contributed by atoms with E-state index in [9.17, 15) is 4.79 Å². The van der Waals surface area contributed by atoms with Crippen LogP contribution in [0.2, 0.25) is 5.02 Å². The zero-order chi connectivity index (χ0) is 18.6. The molecule has 3 aromatic rings. The SMILES string of the molecule is O=C(COc1ccc(-c2nnc3n2CCCC3)cc1)Nc1ccc(Cl)cc1. The fourth-order valence-corrected chi connectivity index (χ4v) is 3.23. The monoisotopic (exact) mass is 382 g/mol. The zero-order valence-corrected chi connectivity index (χ0v) is 15.4. The summed E-state index contributed by atoms with van der Waals surface area (Å²) in [5.74, 6) is 2.34. The Bertz CT molecular complexity index is 936. The summed E-state index contributed by atoms with van der Waals surface area (Å²) in [6, 6.07) is 14.5. The fourth-order valence-electron chi connectivity index (χ4n) is 3.10. The van der Waals surface area contributed by atoms with E-state index in [2.05, 4.69) is 20.1 Å². The second-order valence-electron chi connectivity index (χ2n) is 6.42. The lowest BCUT2D eigenvalue weighted by atomic mass is 10.1. The first kappa shape index (κ1) is 17.5. The Labute approximate surface area is 162 Å². The largest absolute Gasteiger partial charge is 0.484 e. The highest BCUT2D eigenvalue weighted by molar-refractivity contribution is 6.30. The Morgan fingerprint density at radius 3 is 2.63 bits per heavy atom. The number of benzene rings is 2. The van der Waals surface area contributed by atoms with Crippen LogP contribution in [0.15, 0.2) is 48.5 Å². The molecule has 1 N–H and O–H groups in total. The molecule has 0 saturated heterocycles. The van der Waals surface area contributed by atoms with E-state index in [-0.39, 0.29) is 12.5 Å². The van der Waals surface area contributed by atoms with E-state index < -0.39 is 0 Å². The lowest BCUT2D eigenvalue weighted by Gasteiger charge is -2.14. The molecular formula is C20H19ClN4O2. The summed E-state index contributed by atoms with van der Waals surface area (Å²) in [4.78, 5) is 12.0. The summed E-state index contributed by atoms with van der Waals surface area (Å²) >= 11 is 5.83. The van der Waals surface area contributed by atoms with E-state index in [0.29, 0.717) is 16.5 Å². The van der Waals surface area contributed by atoms with Gasteiger partial charge in [-0.05, 0) is 61.4 Å². The Balaban J connectivity index is 1.36. The van der Waals surface area contributed by atoms with E-state index in [1.807, 2.05) is 24.3 Å². The van der Waals surface area contributed by atoms with Gasteiger partial charge >= 0.3 is 0 Å². The van der Waals surface area contributed by atoms with Gasteiger partial charge in [0.1, 0.15) is 11.6 Å². The van der Waals surface area contributed by atoms with Crippen LogP contribution < -0.4 is 10.1 Å². The average molecular weight is 383 g/mol. The number of anilines is 1. The maximum atomic E-state index is 12.0. The first-order valence-corrected chi connectivity index (χ1v) is 9.27. The highest BCUT2D eigenvalue weighted by Crippen LogP contribution is 2.24. The second kappa shape index (κ2) is 7.80. The topological polar surface area (TPSA) is 69.0 Å². The Kier molecular flexibility index (Phi) is 5.07. The van der Waals surface area contributed by atoms with Crippen molar-refractivity contribution in [1.82, 2.24) is 14.8 Å². The molecule has 0 radical (unpaired) electrons. The van der Waals surface area contributed by atoms with Crippen LogP contribution in [-0.4, -0.2) is 27.3 Å². The molecule has 2 aromatic carbocycles. The van der Waals surface area contributed by atoms with Gasteiger partial charge in [0.15, 0.2) is 12.4 Å². The number of carbonyl (C=O) groups excluding carboxylic acids is 1. The number of hydrogen-bond donors (Lipinski definition) is 1. The number of aryl methyl sites for hydroxylation is 1. The number of halogens is 1. The van der Waals surface area contributed by atoms with E-state index >= 15 is 0 Å². The van der Waals surface area contributed by atoms with Crippen LogP contribution in [0.1, 0.15) is 18.7 Å². The summed E-state index contributed by atoms with van der Waals surface area (Å²) in [6.07, 6.45) is 3.31. The summed E-state index contributed by atoms with van der Waals surface area (Å²) in [6.45, 7) is 0.892. The molecule has 0 saturated carbocycles. The molecule has 0 aliphatic carbocycles. The van der Waals surface area contributed by atoms with Gasteiger partial charge in [0, 0.05) is 29.2 Å². The van der Waals surface area contributed by atoms with Crippen molar-refractivity contribution < 1.29 is 9.53 Å². The fraction of sp³-hybridized carbons (Fsp3) is 0.250. The molecule has 6 nitrogen and oxygen atoms in total. The molecule has 4 rings (SSSR count). The maximum absolute atomic E-state index is 12.0. The molecule has 27 heavy (non-hydrogen) atoms. The van der Waals surface area contributed by atoms with Gasteiger partial charge in [-0.25, -0.2) is 0 Å². The van der Waals surface area contributed by atoms with Crippen LogP contribution in [0.25, 0.3) is 11.4 Å². The van der Waals surface area contributed by atoms with Gasteiger partial charge < -0.3 is 14.6 Å². The van der Waals surface area contributed by atoms with Crippen molar-refractivity contribution >= 4 is 23.2 Å². The minimum Gasteiger partial charge on any atom is -0.484 e. The summed E-state index contributed by atoms with van der Waals surface area (Å²) < 4.78 is 7.75. The van der Waals surface area contributed by atoms with E-state index in [1.165, 1.54) is 6.42 Å². The first-order chi connectivity index (χ1) is 13.2. The number of carbonyl (C=O) groups is 1. The van der Waals surface area contributed by atoms with Crippen LogP contribution in [0.5, 0.6) is 5.75 Å². The van der Waals surface area contributed by atoms with Crippen LogP contribution in [-0.2, 0) is 17.8 Å². The molecule has 1 aliphatic rings. The Morgan fingerprint density at radius 1 is 1.07 bits per heavy atom. The van der Waals surface area contributed by atoms with Crippen molar-refractivity contribution in [1.29, 1.82) is 0 Å². The maximum Gasteiger partial charge on any atom is 0.262 e. The van der Waals surface area contributed by atoms with Crippen molar-refractivity contribution in [3.05, 3.63) is 59.4 Å². The van der Waals surface area contributed by atoms with Crippen LogP contribution in [0, 0.1) is 0 Å². The lowest BCUT2D eigenvalue weighted by Crippen LogP contribution is -2.20. The molecule has 2 heterocycles. The predicted molar refractivity (Wildman–Crippen MR) is 104 cm³/mol. The molecule has 1 aliphatic heterocycles. The van der Waals surface area contributed by atoms with Gasteiger partial charge in [-0.3, -0.25) is 4.79 Å². The van der Waals surface area contributed by atoms with E-state index in [0.717, 1.165) is 36.6 Å². The van der Waals surface area contributed by atoms with Crippen molar-refractivity contribution in [3.63, 3.8) is 0 Å². The number of nitrogens with one attached hydrogen (secondary N) is 1. The molecule has 0 unspecified atom stereocenters. The third-order valence-electron chi connectivity index (χ3n) is 4.47. The van der Waals surface area contributed by atoms with Gasteiger partial charge in [0.2, 0.25) is 0 Å². The number of hydrogen-bond acceptors (Lipinski definition) is 4. The van der Waals surface area contributed by atoms with Crippen LogP contribution in [0.3, 0.4) is 0 Å². The summed E-state index contributed by atoms with van der Waals surface area (Å²) in [5.41, 5.74) is 1.67. The first-order valence-electron chi connectivity index (χ1n) is 8.90. The minimum absolute atomic E-state index is 0.0672. The quantitative estimate of drug-likeness (QED) is 0.725. The second-order valence-corrected chi connectivity index (χ2v) is 6.85. The third kappa shape index (κ3) is 4.11. The summed E-state index contributed by atoms with van der Waals surface area (Å²) in [5, 5.41) is 12.0. The normalized spacial score (nSPS) is 13.1. The molecule has 0 fully saturated rings. The average Bonchev–Trinajstić information content (AvgIpc) is 3.13. The van der Waals surface area contributed by atoms with Crippen molar-refractivity contribution in [3.8, 4) is 17.1 Å². The van der Waals surface area contributed by atoms with E-state index in [1.54, 1.807) is 24.3 Å². The van der Waals surface area contributed by atoms with Gasteiger partial charge in [0.05, 0.1) is 0 Å². The smallest absolute Gasteiger partial charge is 0.262 e. The van der Waals surface area contributed by atoms with Crippen LogP contribution >= 0.6 is 11.6 Å². The highest BCUT2D eigenvalue weighted by Gasteiger charge is 2.16. The van der Waals surface area contributed by atoms with Crippen molar-refractivity contribution in [2.24, 2.45) is 0 Å². The number of nitrogens with zero attached hydrogens (tertiary/aromatic N) is 3. The summed E-state index contributed by atoms with van der Waals surface area (Å²) in [7, 11) is 0. The number of fused-ring (bicyclic) bond motifs is 1. The molecule has 0 bridgehead atoms. The van der Waals surface area contributed by atoms with Crippen LogP contribution in [0.4, 0.5) is 5.69 Å². The zero-order valence-electron chi connectivity index (χ0n) is 14.7. The predicted octanol–water partition coefficient (Wildman–Crippen LogP) is 3.95. The molecule has 0 spiro atoms. The molecular weight excluding hydrogens is 364 g/mol. The van der Waals surface area contributed by atoms with Gasteiger partial charge in [0.25, 0.3) is 5.91 Å². The number of ether oxygens (including phenoxy) is 1. The highest BCUT2D eigenvalue weighted by atomic mass is 35.5. The van der Waals surface area contributed by atoms with Crippen molar-refractivity contribution in [2.75, 3.05) is 11.9 Å². The van der Waals surface area contributed by atoms with Gasteiger partial charge in [-0.15, -0.1) is 10.2 Å². The number of aromatic nitrogens is 3. The molecule has 1 aromatic heterocycles. The number of amides is 1. The Morgan fingerprint density at radius 2 is 1.85 bits per heavy atom.